The third-order valence-electron chi connectivity index (χ3n) is 3.92. The molecule has 0 aliphatic rings. The van der Waals surface area contributed by atoms with Crippen molar-refractivity contribution in [2.75, 3.05) is 6.54 Å². The van der Waals surface area contributed by atoms with E-state index >= 15 is 0 Å². The minimum absolute atomic E-state index is 0.121. The Morgan fingerprint density at radius 3 is 2.63 bits per heavy atom. The van der Waals surface area contributed by atoms with Crippen molar-refractivity contribution in [3.8, 4) is 0 Å². The normalized spacial score (nSPS) is 15.7. The van der Waals surface area contributed by atoms with Gasteiger partial charge >= 0.3 is 0 Å². The summed E-state index contributed by atoms with van der Waals surface area (Å²) < 4.78 is 0. The summed E-state index contributed by atoms with van der Waals surface area (Å²) in [6, 6.07) is 5.81. The SMILES string of the molecule is CCC(C)C(C)(O)CNC(=O)c1cc(C)ccc1C. The summed E-state index contributed by atoms with van der Waals surface area (Å²) in [5, 5.41) is 13.1. The van der Waals surface area contributed by atoms with E-state index in [-0.39, 0.29) is 18.4 Å². The minimum atomic E-state index is -0.873. The molecule has 0 saturated heterocycles. The Morgan fingerprint density at radius 1 is 1.42 bits per heavy atom. The molecule has 1 aromatic carbocycles. The fourth-order valence-corrected chi connectivity index (χ4v) is 1.95. The Bertz CT molecular complexity index is 452. The van der Waals surface area contributed by atoms with Crippen LogP contribution in [-0.2, 0) is 0 Å². The van der Waals surface area contributed by atoms with Crippen molar-refractivity contribution >= 4 is 5.91 Å². The standard InChI is InChI=1S/C16H25NO2/c1-6-13(4)16(5,19)10-17-15(18)14-9-11(2)7-8-12(14)3/h7-9,13,19H,6,10H2,1-5H3,(H,17,18). The van der Waals surface area contributed by atoms with Crippen LogP contribution in [0.5, 0.6) is 0 Å². The predicted octanol–water partition coefficient (Wildman–Crippen LogP) is 2.83. The van der Waals surface area contributed by atoms with Crippen LogP contribution in [0.1, 0.15) is 48.7 Å². The fourth-order valence-electron chi connectivity index (χ4n) is 1.95. The van der Waals surface area contributed by atoms with Crippen molar-refractivity contribution in [3.63, 3.8) is 0 Å². The Hall–Kier alpha value is -1.35. The van der Waals surface area contributed by atoms with Gasteiger partial charge in [-0.05, 0) is 38.3 Å². The Balaban J connectivity index is 2.73. The number of carbonyl (C=O) groups excluding carboxylic acids is 1. The zero-order valence-electron chi connectivity index (χ0n) is 12.6. The number of rotatable bonds is 5. The van der Waals surface area contributed by atoms with E-state index < -0.39 is 5.60 Å². The minimum Gasteiger partial charge on any atom is -0.388 e. The molecule has 1 amide bonds. The first-order valence-electron chi connectivity index (χ1n) is 6.85. The van der Waals surface area contributed by atoms with E-state index in [1.165, 1.54) is 0 Å². The molecule has 2 unspecified atom stereocenters. The number of aryl methyl sites for hydroxylation is 2. The molecular formula is C16H25NO2. The zero-order chi connectivity index (χ0) is 14.6. The van der Waals surface area contributed by atoms with Crippen molar-refractivity contribution in [2.24, 2.45) is 5.92 Å². The van der Waals surface area contributed by atoms with Crippen LogP contribution in [0.3, 0.4) is 0 Å². The van der Waals surface area contributed by atoms with E-state index in [4.69, 9.17) is 0 Å². The molecule has 1 aromatic rings. The first-order valence-corrected chi connectivity index (χ1v) is 6.85. The summed E-state index contributed by atoms with van der Waals surface area (Å²) >= 11 is 0. The van der Waals surface area contributed by atoms with Gasteiger partial charge in [-0.1, -0.05) is 38.0 Å². The Labute approximate surface area is 116 Å². The number of amides is 1. The number of nitrogens with one attached hydrogen (secondary N) is 1. The number of aliphatic hydroxyl groups is 1. The highest BCUT2D eigenvalue weighted by molar-refractivity contribution is 5.95. The van der Waals surface area contributed by atoms with Gasteiger partial charge in [0.25, 0.3) is 5.91 Å². The van der Waals surface area contributed by atoms with Gasteiger partial charge < -0.3 is 10.4 Å². The van der Waals surface area contributed by atoms with E-state index in [0.717, 1.165) is 17.5 Å². The molecule has 2 N–H and O–H groups in total. The molecule has 0 saturated carbocycles. The highest BCUT2D eigenvalue weighted by atomic mass is 16.3. The summed E-state index contributed by atoms with van der Waals surface area (Å²) in [5.74, 6) is 0.0242. The van der Waals surface area contributed by atoms with Crippen LogP contribution in [0.25, 0.3) is 0 Å². The molecule has 0 aliphatic heterocycles. The van der Waals surface area contributed by atoms with Crippen LogP contribution in [0.4, 0.5) is 0 Å². The third kappa shape index (κ3) is 4.06. The molecule has 0 bridgehead atoms. The molecule has 1 rings (SSSR count). The van der Waals surface area contributed by atoms with E-state index in [2.05, 4.69) is 5.32 Å². The number of hydrogen-bond acceptors (Lipinski definition) is 2. The molecule has 3 nitrogen and oxygen atoms in total. The van der Waals surface area contributed by atoms with Crippen LogP contribution in [0.15, 0.2) is 18.2 Å². The molecule has 0 heterocycles. The van der Waals surface area contributed by atoms with Crippen LogP contribution in [0, 0.1) is 19.8 Å². The summed E-state index contributed by atoms with van der Waals surface area (Å²) in [6.07, 6.45) is 0.881. The van der Waals surface area contributed by atoms with E-state index in [9.17, 15) is 9.90 Å². The van der Waals surface area contributed by atoms with Crippen molar-refractivity contribution in [1.82, 2.24) is 5.32 Å². The molecule has 2 atom stereocenters. The lowest BCUT2D eigenvalue weighted by atomic mass is 9.88. The molecular weight excluding hydrogens is 238 g/mol. The van der Waals surface area contributed by atoms with E-state index in [1.54, 1.807) is 6.92 Å². The van der Waals surface area contributed by atoms with Gasteiger partial charge in [-0.25, -0.2) is 0 Å². The van der Waals surface area contributed by atoms with Gasteiger partial charge in [-0.2, -0.15) is 0 Å². The number of hydrogen-bond donors (Lipinski definition) is 2. The van der Waals surface area contributed by atoms with Gasteiger partial charge in [0.05, 0.1) is 5.60 Å². The average molecular weight is 263 g/mol. The average Bonchev–Trinajstić information content (AvgIpc) is 2.37. The largest absolute Gasteiger partial charge is 0.388 e. The van der Waals surface area contributed by atoms with Crippen LogP contribution < -0.4 is 5.32 Å². The first kappa shape index (κ1) is 15.7. The maximum absolute atomic E-state index is 12.2. The topological polar surface area (TPSA) is 49.3 Å². The zero-order valence-corrected chi connectivity index (χ0v) is 12.6. The van der Waals surface area contributed by atoms with Crippen LogP contribution in [-0.4, -0.2) is 23.2 Å². The summed E-state index contributed by atoms with van der Waals surface area (Å²) in [4.78, 5) is 12.2. The van der Waals surface area contributed by atoms with Crippen molar-refractivity contribution in [2.45, 2.75) is 46.6 Å². The van der Waals surface area contributed by atoms with Crippen molar-refractivity contribution in [3.05, 3.63) is 34.9 Å². The van der Waals surface area contributed by atoms with Crippen molar-refractivity contribution in [1.29, 1.82) is 0 Å². The highest BCUT2D eigenvalue weighted by Crippen LogP contribution is 2.19. The monoisotopic (exact) mass is 263 g/mol. The van der Waals surface area contributed by atoms with E-state index in [1.807, 2.05) is 45.9 Å². The molecule has 106 valence electrons. The maximum atomic E-state index is 12.2. The summed E-state index contributed by atoms with van der Waals surface area (Å²) in [7, 11) is 0. The second-order valence-electron chi connectivity index (χ2n) is 5.67. The first-order chi connectivity index (χ1) is 8.77. The maximum Gasteiger partial charge on any atom is 0.251 e. The van der Waals surface area contributed by atoms with Gasteiger partial charge in [-0.15, -0.1) is 0 Å². The Morgan fingerprint density at radius 2 is 2.05 bits per heavy atom. The third-order valence-corrected chi connectivity index (χ3v) is 3.92. The van der Waals surface area contributed by atoms with Crippen LogP contribution in [0.2, 0.25) is 0 Å². The molecule has 0 fully saturated rings. The van der Waals surface area contributed by atoms with Crippen LogP contribution >= 0.6 is 0 Å². The van der Waals surface area contributed by atoms with Gasteiger partial charge in [0, 0.05) is 12.1 Å². The molecule has 0 aromatic heterocycles. The van der Waals surface area contributed by atoms with E-state index in [0.29, 0.717) is 5.56 Å². The molecule has 0 radical (unpaired) electrons. The van der Waals surface area contributed by atoms with Gasteiger partial charge in [0.2, 0.25) is 0 Å². The Kier molecular flexibility index (Phi) is 5.12. The lowest BCUT2D eigenvalue weighted by molar-refractivity contribution is 0.00592. The second kappa shape index (κ2) is 6.20. The summed E-state index contributed by atoms with van der Waals surface area (Å²) in [6.45, 7) is 9.95. The molecule has 3 heteroatoms. The van der Waals surface area contributed by atoms with Gasteiger partial charge in [-0.3, -0.25) is 4.79 Å². The second-order valence-corrected chi connectivity index (χ2v) is 5.67. The van der Waals surface area contributed by atoms with Gasteiger partial charge in [0.1, 0.15) is 0 Å². The fraction of sp³-hybridized carbons (Fsp3) is 0.562. The molecule has 19 heavy (non-hydrogen) atoms. The lowest BCUT2D eigenvalue weighted by Crippen LogP contribution is -2.45. The quantitative estimate of drug-likeness (QED) is 0.858. The number of benzene rings is 1. The molecule has 0 spiro atoms. The number of carbonyl (C=O) groups is 1. The lowest BCUT2D eigenvalue weighted by Gasteiger charge is -2.29. The van der Waals surface area contributed by atoms with Crippen molar-refractivity contribution < 1.29 is 9.90 Å². The molecule has 0 aliphatic carbocycles. The summed E-state index contributed by atoms with van der Waals surface area (Å²) in [5.41, 5.74) is 1.82. The smallest absolute Gasteiger partial charge is 0.251 e. The highest BCUT2D eigenvalue weighted by Gasteiger charge is 2.27. The predicted molar refractivity (Wildman–Crippen MR) is 78.3 cm³/mol. The van der Waals surface area contributed by atoms with Gasteiger partial charge in [0.15, 0.2) is 0 Å².